The molecule has 0 unspecified atom stereocenters. The molecule has 35 heavy (non-hydrogen) atoms. The van der Waals surface area contributed by atoms with Crippen LogP contribution in [-0.4, -0.2) is 24.0 Å². The van der Waals surface area contributed by atoms with Crippen LogP contribution in [0.2, 0.25) is 0 Å². The Labute approximate surface area is 208 Å². The molecule has 1 amide bonds. The van der Waals surface area contributed by atoms with Gasteiger partial charge in [0.2, 0.25) is 0 Å². The number of hydrogen-bond acceptors (Lipinski definition) is 4. The Balaban J connectivity index is 1.36. The fourth-order valence-corrected chi connectivity index (χ4v) is 5.38. The average Bonchev–Trinajstić information content (AvgIpc) is 3.59. The van der Waals surface area contributed by atoms with Gasteiger partial charge >= 0.3 is 0 Å². The topological polar surface area (TPSA) is 66.0 Å². The Morgan fingerprint density at radius 3 is 2.26 bits per heavy atom. The van der Waals surface area contributed by atoms with Crippen LogP contribution in [0.3, 0.4) is 0 Å². The Kier molecular flexibility index (Phi) is 6.87. The number of nitrogens with zero attached hydrogens (tertiary/aromatic N) is 1. The van der Waals surface area contributed by atoms with Crippen LogP contribution in [-0.2, 0) is 6.54 Å². The average molecular weight is 469 g/mol. The lowest BCUT2D eigenvalue weighted by molar-refractivity contribution is 0.102. The summed E-state index contributed by atoms with van der Waals surface area (Å²) in [6.45, 7) is 5.03. The number of anilines is 2. The molecule has 2 aliphatic carbocycles. The number of rotatable bonds is 8. The van der Waals surface area contributed by atoms with Gasteiger partial charge in [-0.15, -0.1) is 0 Å². The predicted octanol–water partition coefficient (Wildman–Crippen LogP) is 6.57. The van der Waals surface area contributed by atoms with Crippen LogP contribution in [0, 0.1) is 13.8 Å². The number of nitrogens with one attached hydrogen (secondary N) is 3. The molecule has 3 aromatic rings. The van der Waals surface area contributed by atoms with Crippen LogP contribution in [0.1, 0.15) is 77.2 Å². The monoisotopic (exact) mass is 468 g/mol. The normalized spacial score (nSPS) is 15.9. The van der Waals surface area contributed by atoms with E-state index in [9.17, 15) is 4.79 Å². The zero-order chi connectivity index (χ0) is 24.4. The Hall–Kier alpha value is -3.18. The lowest BCUT2D eigenvalue weighted by atomic mass is 9.94. The predicted molar refractivity (Wildman–Crippen MR) is 144 cm³/mol. The highest BCUT2D eigenvalue weighted by Crippen LogP contribution is 2.42. The van der Waals surface area contributed by atoms with Gasteiger partial charge in [-0.3, -0.25) is 9.78 Å². The summed E-state index contributed by atoms with van der Waals surface area (Å²) in [6.07, 6.45) is 9.51. The second kappa shape index (κ2) is 10.2. The van der Waals surface area contributed by atoms with E-state index in [4.69, 9.17) is 0 Å². The number of benzene rings is 2. The molecule has 0 atom stereocenters. The summed E-state index contributed by atoms with van der Waals surface area (Å²) in [7, 11) is 1.94. The molecule has 1 aromatic heterocycles. The number of carbonyl (C=O) groups excluding carboxylic acids is 1. The molecule has 0 bridgehead atoms. The molecule has 182 valence electrons. The molecule has 0 radical (unpaired) electrons. The molecule has 1 heterocycles. The van der Waals surface area contributed by atoms with Gasteiger partial charge in [-0.2, -0.15) is 0 Å². The van der Waals surface area contributed by atoms with Gasteiger partial charge in [-0.1, -0.05) is 37.1 Å². The van der Waals surface area contributed by atoms with Crippen LogP contribution in [0.5, 0.6) is 0 Å². The number of aromatic nitrogens is 1. The lowest BCUT2D eigenvalue weighted by Gasteiger charge is -2.17. The number of hydrogen-bond donors (Lipinski definition) is 3. The minimum atomic E-state index is -0.150. The lowest BCUT2D eigenvalue weighted by Crippen LogP contribution is -2.26. The molecule has 2 aromatic carbocycles. The van der Waals surface area contributed by atoms with Crippen molar-refractivity contribution in [1.82, 2.24) is 10.3 Å². The largest absolute Gasteiger partial charge is 0.388 e. The summed E-state index contributed by atoms with van der Waals surface area (Å²) < 4.78 is 0. The molecular formula is C30H36N4O. The highest BCUT2D eigenvalue weighted by atomic mass is 16.1. The van der Waals surface area contributed by atoms with Crippen molar-refractivity contribution in [2.75, 3.05) is 17.7 Å². The molecule has 2 saturated carbocycles. The number of amides is 1. The van der Waals surface area contributed by atoms with Crippen molar-refractivity contribution in [1.29, 1.82) is 0 Å². The van der Waals surface area contributed by atoms with Crippen LogP contribution < -0.4 is 16.0 Å². The van der Waals surface area contributed by atoms with Crippen molar-refractivity contribution >= 4 is 17.3 Å². The third-order valence-corrected chi connectivity index (χ3v) is 7.68. The van der Waals surface area contributed by atoms with Gasteiger partial charge in [0.05, 0.1) is 0 Å². The molecule has 5 nitrogen and oxygen atoms in total. The second-order valence-corrected chi connectivity index (χ2v) is 10.1. The highest BCUT2D eigenvalue weighted by molar-refractivity contribution is 6.04. The van der Waals surface area contributed by atoms with E-state index in [1.165, 1.54) is 60.8 Å². The van der Waals surface area contributed by atoms with Crippen LogP contribution in [0.4, 0.5) is 11.4 Å². The first-order chi connectivity index (χ1) is 17.0. The smallest absolute Gasteiger partial charge is 0.274 e. The summed E-state index contributed by atoms with van der Waals surface area (Å²) in [4.78, 5) is 17.8. The van der Waals surface area contributed by atoms with E-state index in [-0.39, 0.29) is 5.91 Å². The summed E-state index contributed by atoms with van der Waals surface area (Å²) in [6, 6.07) is 15.0. The highest BCUT2D eigenvalue weighted by Gasteiger charge is 2.28. The third kappa shape index (κ3) is 5.10. The fraction of sp³-hybridized carbons (Fsp3) is 0.400. The Bertz CT molecular complexity index is 1230. The van der Waals surface area contributed by atoms with Crippen molar-refractivity contribution < 1.29 is 4.79 Å². The van der Waals surface area contributed by atoms with Gasteiger partial charge in [0.15, 0.2) is 0 Å². The number of pyridine rings is 1. The summed E-state index contributed by atoms with van der Waals surface area (Å²) in [5.74, 6) is 0.417. The van der Waals surface area contributed by atoms with E-state index in [0.717, 1.165) is 29.0 Å². The van der Waals surface area contributed by atoms with E-state index in [1.807, 2.05) is 31.4 Å². The molecule has 0 saturated heterocycles. The molecule has 3 N–H and O–H groups in total. The maximum atomic E-state index is 13.3. The Morgan fingerprint density at radius 2 is 1.60 bits per heavy atom. The van der Waals surface area contributed by atoms with Crippen LogP contribution in [0.15, 0.2) is 48.7 Å². The van der Waals surface area contributed by atoms with Crippen LogP contribution in [0.25, 0.3) is 11.1 Å². The van der Waals surface area contributed by atoms with Crippen LogP contribution >= 0.6 is 0 Å². The molecule has 2 aliphatic rings. The minimum absolute atomic E-state index is 0.150. The molecule has 0 spiro atoms. The Morgan fingerprint density at radius 1 is 0.943 bits per heavy atom. The third-order valence-electron chi connectivity index (χ3n) is 7.68. The maximum Gasteiger partial charge on any atom is 0.274 e. The van der Waals surface area contributed by atoms with Gasteiger partial charge in [-0.25, -0.2) is 0 Å². The fourth-order valence-electron chi connectivity index (χ4n) is 5.38. The summed E-state index contributed by atoms with van der Waals surface area (Å²) in [5, 5.41) is 10.1. The SMILES string of the molecule is CNc1cccc(-c2cccc(NC(=O)c3cc(C4CC4)c(CNC4CCCC4)cn3)c2C)c1C. The van der Waals surface area contributed by atoms with Crippen molar-refractivity contribution in [3.05, 3.63) is 76.6 Å². The first-order valence-corrected chi connectivity index (χ1v) is 13.0. The van der Waals surface area contributed by atoms with Gasteiger partial charge in [0.25, 0.3) is 5.91 Å². The molecule has 2 fully saturated rings. The second-order valence-electron chi connectivity index (χ2n) is 10.1. The van der Waals surface area contributed by atoms with E-state index < -0.39 is 0 Å². The number of carbonyl (C=O) groups is 1. The van der Waals surface area contributed by atoms with Crippen molar-refractivity contribution in [2.45, 2.75) is 70.9 Å². The van der Waals surface area contributed by atoms with E-state index in [0.29, 0.717) is 17.7 Å². The minimum Gasteiger partial charge on any atom is -0.388 e. The molecule has 5 heteroatoms. The first-order valence-electron chi connectivity index (χ1n) is 13.0. The van der Waals surface area contributed by atoms with Crippen molar-refractivity contribution in [2.24, 2.45) is 0 Å². The molecule has 0 aliphatic heterocycles. The zero-order valence-electron chi connectivity index (χ0n) is 21.1. The van der Waals surface area contributed by atoms with Gasteiger partial charge in [-0.05, 0) is 97.0 Å². The van der Waals surface area contributed by atoms with E-state index in [2.05, 4.69) is 59.0 Å². The van der Waals surface area contributed by atoms with E-state index >= 15 is 0 Å². The van der Waals surface area contributed by atoms with Gasteiger partial charge < -0.3 is 16.0 Å². The van der Waals surface area contributed by atoms with Gasteiger partial charge in [0.1, 0.15) is 5.69 Å². The first kappa shape index (κ1) is 23.6. The summed E-state index contributed by atoms with van der Waals surface area (Å²) >= 11 is 0. The summed E-state index contributed by atoms with van der Waals surface area (Å²) in [5.41, 5.74) is 9.50. The maximum absolute atomic E-state index is 13.3. The van der Waals surface area contributed by atoms with Crippen molar-refractivity contribution in [3.63, 3.8) is 0 Å². The zero-order valence-corrected chi connectivity index (χ0v) is 21.1. The van der Waals surface area contributed by atoms with E-state index in [1.54, 1.807) is 0 Å². The van der Waals surface area contributed by atoms with Gasteiger partial charge in [0, 0.05) is 37.2 Å². The van der Waals surface area contributed by atoms with Crippen molar-refractivity contribution in [3.8, 4) is 11.1 Å². The molecule has 5 rings (SSSR count). The standard InChI is InChI=1S/C30H36N4O/c1-19-24(10-6-12-27(19)31-3)25-11-7-13-28(20(25)2)34-30(35)29-16-26(21-14-15-21)22(18-33-29)17-32-23-8-4-5-9-23/h6-7,10-13,16,18,21,23,31-32H,4-5,8-9,14-15,17H2,1-3H3,(H,34,35). The quantitative estimate of drug-likeness (QED) is 0.350. The molecular weight excluding hydrogens is 432 g/mol.